The molecule has 6 nitrogen and oxygen atoms in total. The number of hydrogen-bond acceptors (Lipinski definition) is 4. The summed E-state index contributed by atoms with van der Waals surface area (Å²) >= 11 is 0. The summed E-state index contributed by atoms with van der Waals surface area (Å²) in [6.07, 6.45) is 4.58. The third kappa shape index (κ3) is 10.1. The predicted molar refractivity (Wildman–Crippen MR) is 122 cm³/mol. The van der Waals surface area contributed by atoms with Crippen molar-refractivity contribution in [3.05, 3.63) is 35.4 Å². The molecule has 1 saturated heterocycles. The quantitative estimate of drug-likeness (QED) is 0.338. The Labute approximate surface area is 177 Å². The Morgan fingerprint density at radius 3 is 2.52 bits per heavy atom. The van der Waals surface area contributed by atoms with E-state index < -0.39 is 0 Å². The van der Waals surface area contributed by atoms with E-state index in [4.69, 9.17) is 4.74 Å². The first kappa shape index (κ1) is 23.6. The van der Waals surface area contributed by atoms with Crippen LogP contribution in [0.2, 0.25) is 0 Å². The van der Waals surface area contributed by atoms with E-state index in [1.54, 1.807) is 0 Å². The standard InChI is InChI=1S/C23H41N5O/c1-4-5-17-29-18-6-12-25-23(24-2)26-19-21-8-10-22(11-9-21)20-28-14-7-13-27(3)15-16-28/h8-11H,4-7,12-20H2,1-3H3,(H2,24,25,26). The van der Waals surface area contributed by atoms with E-state index in [1.165, 1.54) is 43.6 Å². The summed E-state index contributed by atoms with van der Waals surface area (Å²) in [6.45, 7) is 11.3. The fourth-order valence-corrected chi connectivity index (χ4v) is 3.41. The van der Waals surface area contributed by atoms with Gasteiger partial charge in [-0.15, -0.1) is 0 Å². The van der Waals surface area contributed by atoms with Crippen LogP contribution in [0.3, 0.4) is 0 Å². The molecule has 0 aliphatic carbocycles. The maximum atomic E-state index is 5.59. The first-order valence-electron chi connectivity index (χ1n) is 11.2. The molecule has 2 N–H and O–H groups in total. The molecule has 0 amide bonds. The molecule has 29 heavy (non-hydrogen) atoms. The van der Waals surface area contributed by atoms with Gasteiger partial charge in [-0.05, 0) is 50.5 Å². The molecule has 0 bridgehead atoms. The molecule has 1 aromatic rings. The molecule has 2 rings (SSSR count). The molecule has 6 heteroatoms. The van der Waals surface area contributed by atoms with Crippen LogP contribution in [0.1, 0.15) is 43.7 Å². The monoisotopic (exact) mass is 403 g/mol. The van der Waals surface area contributed by atoms with Crippen molar-refractivity contribution in [2.45, 2.75) is 45.7 Å². The lowest BCUT2D eigenvalue weighted by molar-refractivity contribution is 0.129. The summed E-state index contributed by atoms with van der Waals surface area (Å²) in [5, 5.41) is 6.75. The molecule has 0 aromatic heterocycles. The van der Waals surface area contributed by atoms with Crippen molar-refractivity contribution in [2.75, 3.05) is 60.0 Å². The van der Waals surface area contributed by atoms with Crippen molar-refractivity contribution < 1.29 is 4.74 Å². The van der Waals surface area contributed by atoms with Gasteiger partial charge in [-0.1, -0.05) is 37.6 Å². The number of aliphatic imine (C=N–C) groups is 1. The molecule has 0 radical (unpaired) electrons. The van der Waals surface area contributed by atoms with E-state index in [-0.39, 0.29) is 0 Å². The molecule has 1 heterocycles. The van der Waals surface area contributed by atoms with E-state index >= 15 is 0 Å². The zero-order chi connectivity index (χ0) is 20.7. The molecule has 0 spiro atoms. The van der Waals surface area contributed by atoms with E-state index in [0.717, 1.165) is 58.2 Å². The molecule has 164 valence electrons. The largest absolute Gasteiger partial charge is 0.381 e. The third-order valence-electron chi connectivity index (χ3n) is 5.32. The average molecular weight is 404 g/mol. The highest BCUT2D eigenvalue weighted by Crippen LogP contribution is 2.10. The molecular formula is C23H41N5O. The summed E-state index contributed by atoms with van der Waals surface area (Å²) in [5.74, 6) is 0.844. The maximum absolute atomic E-state index is 5.59. The van der Waals surface area contributed by atoms with Gasteiger partial charge in [0.2, 0.25) is 0 Å². The van der Waals surface area contributed by atoms with E-state index in [9.17, 15) is 0 Å². The first-order valence-corrected chi connectivity index (χ1v) is 11.2. The number of likely N-dealkylation sites (N-methyl/N-ethyl adjacent to an activating group) is 1. The van der Waals surface area contributed by atoms with Crippen LogP contribution in [0.15, 0.2) is 29.3 Å². The summed E-state index contributed by atoms with van der Waals surface area (Å²) in [7, 11) is 4.03. The van der Waals surface area contributed by atoms with Crippen molar-refractivity contribution in [1.82, 2.24) is 20.4 Å². The van der Waals surface area contributed by atoms with Gasteiger partial charge in [0.1, 0.15) is 0 Å². The van der Waals surface area contributed by atoms with Gasteiger partial charge in [0.25, 0.3) is 0 Å². The fourth-order valence-electron chi connectivity index (χ4n) is 3.41. The zero-order valence-electron chi connectivity index (χ0n) is 18.8. The Morgan fingerprint density at radius 2 is 1.76 bits per heavy atom. The topological polar surface area (TPSA) is 52.1 Å². The van der Waals surface area contributed by atoms with E-state index in [0.29, 0.717) is 0 Å². The molecule has 1 aromatic carbocycles. The highest BCUT2D eigenvalue weighted by atomic mass is 16.5. The van der Waals surface area contributed by atoms with Gasteiger partial charge >= 0.3 is 0 Å². The lowest BCUT2D eigenvalue weighted by Gasteiger charge is -2.20. The highest BCUT2D eigenvalue weighted by Gasteiger charge is 2.12. The fraction of sp³-hybridized carbons (Fsp3) is 0.696. The SMILES string of the molecule is CCCCOCCCNC(=NC)NCc1ccc(CN2CCCN(C)CC2)cc1. The number of benzene rings is 1. The van der Waals surface area contributed by atoms with Gasteiger partial charge in [-0.3, -0.25) is 9.89 Å². The Kier molecular flexibility index (Phi) is 11.7. The molecule has 1 aliphatic heterocycles. The number of nitrogens with zero attached hydrogens (tertiary/aromatic N) is 3. The predicted octanol–water partition coefficient (Wildman–Crippen LogP) is 2.70. The smallest absolute Gasteiger partial charge is 0.191 e. The lowest BCUT2D eigenvalue weighted by Crippen LogP contribution is -2.37. The normalized spacial score (nSPS) is 16.6. The Bertz CT molecular complexity index is 575. The van der Waals surface area contributed by atoms with Crippen LogP contribution in [0.4, 0.5) is 0 Å². The minimum absolute atomic E-state index is 0.779. The van der Waals surface area contributed by atoms with Crippen molar-refractivity contribution >= 4 is 5.96 Å². The average Bonchev–Trinajstić information content (AvgIpc) is 2.94. The van der Waals surface area contributed by atoms with Crippen molar-refractivity contribution in [3.8, 4) is 0 Å². The minimum Gasteiger partial charge on any atom is -0.381 e. The number of rotatable bonds is 11. The molecule has 1 aliphatic rings. The van der Waals surface area contributed by atoms with Crippen molar-refractivity contribution in [1.29, 1.82) is 0 Å². The molecular weight excluding hydrogens is 362 g/mol. The Morgan fingerprint density at radius 1 is 1.00 bits per heavy atom. The minimum atomic E-state index is 0.779. The molecule has 0 saturated carbocycles. The molecule has 1 fully saturated rings. The Balaban J connectivity index is 1.65. The summed E-state index contributed by atoms with van der Waals surface area (Å²) in [4.78, 5) is 9.29. The van der Waals surface area contributed by atoms with Crippen LogP contribution in [-0.2, 0) is 17.8 Å². The Hall–Kier alpha value is -1.63. The number of unbranched alkanes of at least 4 members (excludes halogenated alkanes) is 1. The first-order chi connectivity index (χ1) is 14.2. The van der Waals surface area contributed by atoms with Gasteiger partial charge in [0.15, 0.2) is 5.96 Å². The maximum Gasteiger partial charge on any atom is 0.191 e. The van der Waals surface area contributed by atoms with Crippen LogP contribution < -0.4 is 10.6 Å². The van der Waals surface area contributed by atoms with Gasteiger partial charge in [0.05, 0.1) is 0 Å². The van der Waals surface area contributed by atoms with Gasteiger partial charge in [-0.2, -0.15) is 0 Å². The summed E-state index contributed by atoms with van der Waals surface area (Å²) in [6, 6.07) is 8.97. The molecule has 0 atom stereocenters. The van der Waals surface area contributed by atoms with Gasteiger partial charge in [-0.25, -0.2) is 0 Å². The van der Waals surface area contributed by atoms with Crippen LogP contribution in [0.5, 0.6) is 0 Å². The number of ether oxygens (including phenoxy) is 1. The zero-order valence-corrected chi connectivity index (χ0v) is 18.8. The molecule has 0 unspecified atom stereocenters. The van der Waals surface area contributed by atoms with E-state index in [1.807, 2.05) is 7.05 Å². The second-order valence-corrected chi connectivity index (χ2v) is 7.92. The van der Waals surface area contributed by atoms with Crippen molar-refractivity contribution in [3.63, 3.8) is 0 Å². The van der Waals surface area contributed by atoms with Crippen LogP contribution in [0.25, 0.3) is 0 Å². The number of hydrogen-bond donors (Lipinski definition) is 2. The van der Waals surface area contributed by atoms with Gasteiger partial charge in [0, 0.05) is 53.0 Å². The summed E-state index contributed by atoms with van der Waals surface area (Å²) in [5.41, 5.74) is 2.67. The lowest BCUT2D eigenvalue weighted by atomic mass is 10.1. The van der Waals surface area contributed by atoms with Crippen LogP contribution in [0, 0.1) is 0 Å². The second kappa shape index (κ2) is 14.4. The third-order valence-corrected chi connectivity index (χ3v) is 5.32. The van der Waals surface area contributed by atoms with Crippen LogP contribution >= 0.6 is 0 Å². The van der Waals surface area contributed by atoms with Crippen molar-refractivity contribution in [2.24, 2.45) is 4.99 Å². The van der Waals surface area contributed by atoms with E-state index in [2.05, 4.69) is 63.7 Å². The number of guanidine groups is 1. The second-order valence-electron chi connectivity index (χ2n) is 7.92. The van der Waals surface area contributed by atoms with Crippen LogP contribution in [-0.4, -0.2) is 75.8 Å². The highest BCUT2D eigenvalue weighted by molar-refractivity contribution is 5.79. The summed E-state index contributed by atoms with van der Waals surface area (Å²) < 4.78 is 5.59. The van der Waals surface area contributed by atoms with Gasteiger partial charge < -0.3 is 20.3 Å². The number of nitrogens with one attached hydrogen (secondary N) is 2.